The molecule has 1 amide bonds. The van der Waals surface area contributed by atoms with Gasteiger partial charge in [-0.25, -0.2) is 14.5 Å². The number of carbonyl (C=O) groups is 1. The fourth-order valence-electron chi connectivity index (χ4n) is 3.52. The molecule has 6 nitrogen and oxygen atoms in total. The first-order valence-electron chi connectivity index (χ1n) is 9.55. The van der Waals surface area contributed by atoms with Crippen molar-refractivity contribution >= 4 is 28.6 Å². The van der Waals surface area contributed by atoms with Crippen LogP contribution < -0.4 is 5.32 Å². The normalized spacial score (nSPS) is 11.2. The van der Waals surface area contributed by atoms with Crippen molar-refractivity contribution in [1.29, 1.82) is 0 Å². The standard InChI is InChI=1S/C22H23N5OS/c1-13-10-21-23-14(2)19(15(3)27(21)26-13)8-9-22(28)25-18-7-5-6-17(11-18)20-12-29-16(4)24-20/h5-7,10-12H,8-9H2,1-4H3,(H,25,28). The average molecular weight is 406 g/mol. The lowest BCUT2D eigenvalue weighted by Gasteiger charge is -2.11. The molecule has 0 spiro atoms. The number of hydrogen-bond donors (Lipinski definition) is 1. The summed E-state index contributed by atoms with van der Waals surface area (Å²) in [5, 5.41) is 10.6. The van der Waals surface area contributed by atoms with Gasteiger partial charge >= 0.3 is 0 Å². The van der Waals surface area contributed by atoms with Gasteiger partial charge in [-0.15, -0.1) is 11.3 Å². The average Bonchev–Trinajstić information content (AvgIpc) is 3.27. The molecule has 148 valence electrons. The number of thiazole rings is 1. The number of carbonyl (C=O) groups excluding carboxylic acids is 1. The largest absolute Gasteiger partial charge is 0.326 e. The lowest BCUT2D eigenvalue weighted by Crippen LogP contribution is -2.14. The van der Waals surface area contributed by atoms with Gasteiger partial charge in [-0.2, -0.15) is 5.10 Å². The molecule has 0 radical (unpaired) electrons. The predicted octanol–water partition coefficient (Wildman–Crippen LogP) is 4.66. The van der Waals surface area contributed by atoms with Gasteiger partial charge < -0.3 is 5.32 Å². The summed E-state index contributed by atoms with van der Waals surface area (Å²) in [6.45, 7) is 7.96. The molecular formula is C22H23N5OS. The highest BCUT2D eigenvalue weighted by Gasteiger charge is 2.13. The summed E-state index contributed by atoms with van der Waals surface area (Å²) in [4.78, 5) is 21.7. The summed E-state index contributed by atoms with van der Waals surface area (Å²) in [6, 6.07) is 9.77. The summed E-state index contributed by atoms with van der Waals surface area (Å²) in [6.07, 6.45) is 1.01. The molecule has 3 aromatic heterocycles. The molecule has 0 aliphatic heterocycles. The van der Waals surface area contributed by atoms with E-state index >= 15 is 0 Å². The molecule has 0 bridgehead atoms. The zero-order valence-corrected chi connectivity index (χ0v) is 17.8. The van der Waals surface area contributed by atoms with Crippen molar-refractivity contribution in [2.45, 2.75) is 40.5 Å². The number of benzene rings is 1. The molecule has 0 saturated carbocycles. The molecule has 0 unspecified atom stereocenters. The van der Waals surface area contributed by atoms with Crippen LogP contribution in [0.5, 0.6) is 0 Å². The van der Waals surface area contributed by atoms with E-state index in [-0.39, 0.29) is 5.91 Å². The van der Waals surface area contributed by atoms with Gasteiger partial charge in [0.2, 0.25) is 5.91 Å². The first kappa shape index (κ1) is 19.3. The van der Waals surface area contributed by atoms with Gasteiger partial charge in [0, 0.05) is 40.5 Å². The monoisotopic (exact) mass is 405 g/mol. The molecule has 29 heavy (non-hydrogen) atoms. The number of aryl methyl sites for hydroxylation is 4. The third-order valence-electron chi connectivity index (χ3n) is 4.95. The summed E-state index contributed by atoms with van der Waals surface area (Å²) < 4.78 is 1.86. The molecule has 0 aliphatic carbocycles. The van der Waals surface area contributed by atoms with Crippen molar-refractivity contribution in [3.8, 4) is 11.3 Å². The Morgan fingerprint density at radius 1 is 1.14 bits per heavy atom. The predicted molar refractivity (Wildman–Crippen MR) is 116 cm³/mol. The van der Waals surface area contributed by atoms with Crippen molar-refractivity contribution in [3.63, 3.8) is 0 Å². The van der Waals surface area contributed by atoms with Gasteiger partial charge in [-0.1, -0.05) is 12.1 Å². The molecule has 1 N–H and O–H groups in total. The Morgan fingerprint density at radius 3 is 2.72 bits per heavy atom. The van der Waals surface area contributed by atoms with Gasteiger partial charge in [0.1, 0.15) is 0 Å². The molecule has 7 heteroatoms. The zero-order chi connectivity index (χ0) is 20.5. The summed E-state index contributed by atoms with van der Waals surface area (Å²) in [7, 11) is 0. The molecule has 3 heterocycles. The SMILES string of the molecule is Cc1cc2nc(C)c(CCC(=O)Nc3cccc(-c4csc(C)n4)c3)c(C)n2n1. The third kappa shape index (κ3) is 4.05. The van der Waals surface area contributed by atoms with Crippen LogP contribution in [0.2, 0.25) is 0 Å². The maximum atomic E-state index is 12.6. The van der Waals surface area contributed by atoms with E-state index in [0.717, 1.165) is 50.2 Å². The molecule has 0 aliphatic rings. The number of anilines is 1. The van der Waals surface area contributed by atoms with Crippen LogP contribution in [0.4, 0.5) is 5.69 Å². The lowest BCUT2D eigenvalue weighted by molar-refractivity contribution is -0.116. The number of amides is 1. The highest BCUT2D eigenvalue weighted by atomic mass is 32.1. The van der Waals surface area contributed by atoms with E-state index in [0.29, 0.717) is 12.8 Å². The zero-order valence-electron chi connectivity index (χ0n) is 17.0. The van der Waals surface area contributed by atoms with Crippen molar-refractivity contribution in [1.82, 2.24) is 19.6 Å². The Labute approximate surface area is 173 Å². The quantitative estimate of drug-likeness (QED) is 0.524. The van der Waals surface area contributed by atoms with E-state index in [1.165, 1.54) is 0 Å². The molecule has 0 atom stereocenters. The van der Waals surface area contributed by atoms with Gasteiger partial charge in [-0.05, 0) is 51.8 Å². The van der Waals surface area contributed by atoms with Crippen LogP contribution in [0.25, 0.3) is 16.9 Å². The topological polar surface area (TPSA) is 72.2 Å². The smallest absolute Gasteiger partial charge is 0.224 e. The van der Waals surface area contributed by atoms with Crippen LogP contribution >= 0.6 is 11.3 Å². The van der Waals surface area contributed by atoms with Gasteiger partial charge in [0.25, 0.3) is 0 Å². The Hall–Kier alpha value is -3.06. The minimum Gasteiger partial charge on any atom is -0.326 e. The summed E-state index contributed by atoms with van der Waals surface area (Å²) >= 11 is 1.62. The van der Waals surface area contributed by atoms with Crippen LogP contribution in [0.15, 0.2) is 35.7 Å². The second-order valence-electron chi connectivity index (χ2n) is 7.20. The van der Waals surface area contributed by atoms with Gasteiger partial charge in [0.15, 0.2) is 5.65 Å². The van der Waals surface area contributed by atoms with Gasteiger partial charge in [0.05, 0.1) is 16.4 Å². The third-order valence-corrected chi connectivity index (χ3v) is 5.72. The highest BCUT2D eigenvalue weighted by Crippen LogP contribution is 2.24. The van der Waals surface area contributed by atoms with Crippen LogP contribution in [-0.4, -0.2) is 25.5 Å². The maximum absolute atomic E-state index is 12.6. The number of aromatic nitrogens is 4. The lowest BCUT2D eigenvalue weighted by atomic mass is 10.1. The first-order chi connectivity index (χ1) is 13.9. The molecule has 0 fully saturated rings. The second kappa shape index (κ2) is 7.75. The molecule has 4 aromatic rings. The van der Waals surface area contributed by atoms with E-state index in [1.807, 2.05) is 67.9 Å². The van der Waals surface area contributed by atoms with E-state index in [9.17, 15) is 4.79 Å². The highest BCUT2D eigenvalue weighted by molar-refractivity contribution is 7.09. The van der Waals surface area contributed by atoms with Crippen LogP contribution in [-0.2, 0) is 11.2 Å². The molecular weight excluding hydrogens is 382 g/mol. The molecule has 4 rings (SSSR count). The molecule has 1 aromatic carbocycles. The van der Waals surface area contributed by atoms with E-state index < -0.39 is 0 Å². The number of rotatable bonds is 5. The van der Waals surface area contributed by atoms with Crippen LogP contribution in [0.3, 0.4) is 0 Å². The maximum Gasteiger partial charge on any atom is 0.224 e. The van der Waals surface area contributed by atoms with Crippen molar-refractivity contribution in [3.05, 3.63) is 63.4 Å². The fourth-order valence-corrected chi connectivity index (χ4v) is 4.14. The van der Waals surface area contributed by atoms with Gasteiger partial charge in [-0.3, -0.25) is 4.79 Å². The fraction of sp³-hybridized carbons (Fsp3) is 0.273. The Bertz CT molecular complexity index is 1210. The first-order valence-corrected chi connectivity index (χ1v) is 10.4. The van der Waals surface area contributed by atoms with E-state index in [2.05, 4.69) is 20.4 Å². The second-order valence-corrected chi connectivity index (χ2v) is 8.26. The van der Waals surface area contributed by atoms with Crippen molar-refractivity contribution in [2.75, 3.05) is 5.32 Å². The molecule has 0 saturated heterocycles. The van der Waals surface area contributed by atoms with E-state index in [1.54, 1.807) is 11.3 Å². The Balaban J connectivity index is 1.46. The number of fused-ring (bicyclic) bond motifs is 1. The van der Waals surface area contributed by atoms with Crippen molar-refractivity contribution in [2.24, 2.45) is 0 Å². The Kier molecular flexibility index (Phi) is 5.15. The number of hydrogen-bond acceptors (Lipinski definition) is 5. The van der Waals surface area contributed by atoms with Crippen LogP contribution in [0.1, 0.15) is 34.1 Å². The van der Waals surface area contributed by atoms with Crippen molar-refractivity contribution < 1.29 is 4.79 Å². The van der Waals surface area contributed by atoms with Crippen LogP contribution in [0, 0.1) is 27.7 Å². The minimum atomic E-state index is -0.0212. The summed E-state index contributed by atoms with van der Waals surface area (Å²) in [5.74, 6) is -0.0212. The number of nitrogens with zero attached hydrogens (tertiary/aromatic N) is 4. The Morgan fingerprint density at radius 2 is 1.97 bits per heavy atom. The summed E-state index contributed by atoms with van der Waals surface area (Å²) in [5.41, 5.74) is 7.55. The minimum absolute atomic E-state index is 0.0212. The van der Waals surface area contributed by atoms with E-state index in [4.69, 9.17) is 0 Å². The number of nitrogens with one attached hydrogen (secondary N) is 1.